The topological polar surface area (TPSA) is 77.8 Å². The Balaban J connectivity index is 1.69. The summed E-state index contributed by atoms with van der Waals surface area (Å²) in [6.07, 6.45) is 13.6. The molecule has 0 radical (unpaired) electrons. The zero-order valence-corrected chi connectivity index (χ0v) is 20.6. The summed E-state index contributed by atoms with van der Waals surface area (Å²) in [7, 11) is 0. The summed E-state index contributed by atoms with van der Waals surface area (Å²) < 4.78 is 0. The molecule has 3 N–H and O–H groups in total. The van der Waals surface area contributed by atoms with Crippen LogP contribution >= 0.6 is 0 Å². The van der Waals surface area contributed by atoms with E-state index in [-0.39, 0.29) is 0 Å². The van der Waals surface area contributed by atoms with E-state index in [1.54, 1.807) is 0 Å². The van der Waals surface area contributed by atoms with Gasteiger partial charge in [-0.3, -0.25) is 4.79 Å². The van der Waals surface area contributed by atoms with Crippen molar-refractivity contribution in [1.82, 2.24) is 0 Å². The third-order valence-electron chi connectivity index (χ3n) is 8.80. The molecule has 0 bridgehead atoms. The van der Waals surface area contributed by atoms with Gasteiger partial charge in [0.25, 0.3) is 0 Å². The van der Waals surface area contributed by atoms with Gasteiger partial charge in [0, 0.05) is 0 Å². The first-order valence-corrected chi connectivity index (χ1v) is 12.6. The Morgan fingerprint density at radius 2 is 2.00 bits per heavy atom. The lowest BCUT2D eigenvalue weighted by atomic mass is 9.60. The van der Waals surface area contributed by atoms with Crippen LogP contribution in [0.5, 0.6) is 0 Å². The maximum atomic E-state index is 11.3. The molecular weight excluding hydrogens is 400 g/mol. The Labute approximate surface area is 194 Å². The fraction of sp³-hybridized carbons (Fsp3) is 0.750. The van der Waals surface area contributed by atoms with E-state index in [1.807, 2.05) is 13.8 Å². The molecule has 3 fully saturated rings. The van der Waals surface area contributed by atoms with Crippen molar-refractivity contribution in [3.63, 3.8) is 0 Å². The van der Waals surface area contributed by atoms with Crippen molar-refractivity contribution >= 4 is 5.97 Å². The normalized spacial score (nSPS) is 37.0. The molecule has 0 spiro atoms. The molecule has 32 heavy (non-hydrogen) atoms. The number of carboxylic acids is 1. The van der Waals surface area contributed by atoms with Crippen LogP contribution in [0.2, 0.25) is 0 Å². The minimum Gasteiger partial charge on any atom is -0.481 e. The Kier molecular flexibility index (Phi) is 7.77. The Bertz CT molecular complexity index is 771. The molecule has 180 valence electrons. The number of fused-ring (bicyclic) bond motifs is 1. The highest BCUT2D eigenvalue weighted by molar-refractivity contribution is 5.72. The molecule has 6 atom stereocenters. The molecule has 0 aromatic heterocycles. The molecule has 0 aliphatic heterocycles. The Morgan fingerprint density at radius 3 is 2.66 bits per heavy atom. The van der Waals surface area contributed by atoms with Gasteiger partial charge in [0.1, 0.15) is 0 Å². The predicted octanol–water partition coefficient (Wildman–Crippen LogP) is 6.04. The molecule has 0 heterocycles. The van der Waals surface area contributed by atoms with Gasteiger partial charge in [0.05, 0.1) is 17.6 Å². The predicted molar refractivity (Wildman–Crippen MR) is 129 cm³/mol. The van der Waals surface area contributed by atoms with E-state index in [1.165, 1.54) is 37.7 Å². The number of hydrogen-bond acceptors (Lipinski definition) is 3. The van der Waals surface area contributed by atoms with Crippen molar-refractivity contribution in [2.45, 2.75) is 104 Å². The van der Waals surface area contributed by atoms with E-state index in [0.29, 0.717) is 30.1 Å². The standard InChI is InChI=1S/C28H44O4/c1-18(8-6-14-27(3,4)32)23-12-13-24-20(9-7-15-28(23,24)5)10-11-21-17-25(29)22(26(30)31)16-19(21)2/h10-11,18,22-25,29,32H,2,6-9,12-17H2,1,3-5H3,(H,30,31)/b20-10+,21-11-/t18-,22-,23-,24+,25-,28-/m1/s1. The largest absolute Gasteiger partial charge is 0.481 e. The second kappa shape index (κ2) is 9.85. The van der Waals surface area contributed by atoms with E-state index in [9.17, 15) is 20.1 Å². The minimum absolute atomic E-state index is 0.330. The maximum Gasteiger partial charge on any atom is 0.309 e. The van der Waals surface area contributed by atoms with Crippen LogP contribution < -0.4 is 0 Å². The van der Waals surface area contributed by atoms with Crippen molar-refractivity contribution in [2.75, 3.05) is 0 Å². The van der Waals surface area contributed by atoms with E-state index in [0.717, 1.165) is 36.3 Å². The van der Waals surface area contributed by atoms with Crippen LogP contribution in [0.1, 0.15) is 91.9 Å². The highest BCUT2D eigenvalue weighted by Crippen LogP contribution is 2.60. The molecule has 0 aromatic rings. The average molecular weight is 445 g/mol. The summed E-state index contributed by atoms with van der Waals surface area (Å²) in [5.74, 6) is 0.342. The highest BCUT2D eigenvalue weighted by Gasteiger charge is 2.50. The molecular formula is C28H44O4. The molecule has 0 saturated heterocycles. The van der Waals surface area contributed by atoms with Gasteiger partial charge < -0.3 is 15.3 Å². The molecule has 3 aliphatic rings. The molecule has 0 amide bonds. The van der Waals surface area contributed by atoms with Crippen LogP contribution in [0, 0.1) is 29.1 Å². The molecule has 0 unspecified atom stereocenters. The average Bonchev–Trinajstić information content (AvgIpc) is 3.04. The van der Waals surface area contributed by atoms with Gasteiger partial charge in [-0.15, -0.1) is 0 Å². The van der Waals surface area contributed by atoms with Crippen LogP contribution in [-0.4, -0.2) is 33.0 Å². The SMILES string of the molecule is C=C1C[C@@H](C(=O)O)[C@H](O)C/C1=C/C=C1\CCC[C@]2(C)[C@@H]([C@H](C)CCCC(C)(C)O)CC[C@@H]12. The van der Waals surface area contributed by atoms with Crippen LogP contribution in [0.15, 0.2) is 35.5 Å². The maximum absolute atomic E-state index is 11.3. The van der Waals surface area contributed by atoms with Gasteiger partial charge in [-0.2, -0.15) is 0 Å². The van der Waals surface area contributed by atoms with Crippen LogP contribution in [-0.2, 0) is 4.79 Å². The first-order chi connectivity index (χ1) is 14.9. The lowest BCUT2D eigenvalue weighted by Crippen LogP contribution is -2.36. The highest BCUT2D eigenvalue weighted by atomic mass is 16.4. The van der Waals surface area contributed by atoms with Gasteiger partial charge in [-0.05, 0) is 94.0 Å². The molecule has 4 heteroatoms. The van der Waals surface area contributed by atoms with Gasteiger partial charge in [0.15, 0.2) is 0 Å². The first kappa shape index (κ1) is 25.2. The number of allylic oxidation sites excluding steroid dienone is 4. The molecule has 3 aliphatic carbocycles. The van der Waals surface area contributed by atoms with Crippen molar-refractivity contribution in [3.05, 3.63) is 35.5 Å². The quantitative estimate of drug-likeness (QED) is 0.447. The minimum atomic E-state index is -0.937. The number of hydrogen-bond donors (Lipinski definition) is 3. The van der Waals surface area contributed by atoms with Crippen molar-refractivity contribution in [2.24, 2.45) is 29.1 Å². The van der Waals surface area contributed by atoms with Crippen LogP contribution in [0.4, 0.5) is 0 Å². The Morgan fingerprint density at radius 1 is 1.28 bits per heavy atom. The zero-order valence-electron chi connectivity index (χ0n) is 20.6. The molecule has 3 saturated carbocycles. The van der Waals surface area contributed by atoms with Crippen LogP contribution in [0.25, 0.3) is 0 Å². The van der Waals surface area contributed by atoms with E-state index >= 15 is 0 Å². The van der Waals surface area contributed by atoms with E-state index in [4.69, 9.17) is 0 Å². The fourth-order valence-corrected chi connectivity index (χ4v) is 6.96. The summed E-state index contributed by atoms with van der Waals surface area (Å²) >= 11 is 0. The van der Waals surface area contributed by atoms with Gasteiger partial charge in [0.2, 0.25) is 0 Å². The summed E-state index contributed by atoms with van der Waals surface area (Å²) in [6.45, 7) is 12.8. The summed E-state index contributed by atoms with van der Waals surface area (Å²) in [6, 6.07) is 0. The molecule has 3 rings (SSSR count). The Hall–Kier alpha value is -1.39. The number of carboxylic acid groups (broad SMARTS) is 1. The van der Waals surface area contributed by atoms with E-state index < -0.39 is 23.6 Å². The molecule has 0 aromatic carbocycles. The zero-order chi connectivity index (χ0) is 23.7. The summed E-state index contributed by atoms with van der Waals surface area (Å²) in [4.78, 5) is 11.3. The number of aliphatic hydroxyl groups excluding tert-OH is 1. The van der Waals surface area contributed by atoms with Crippen molar-refractivity contribution in [1.29, 1.82) is 0 Å². The second-order valence-corrected chi connectivity index (χ2v) is 11.7. The third kappa shape index (κ3) is 5.56. The number of aliphatic hydroxyl groups is 2. The summed E-state index contributed by atoms with van der Waals surface area (Å²) in [5.41, 5.74) is 3.15. The van der Waals surface area contributed by atoms with Gasteiger partial charge in [-0.25, -0.2) is 0 Å². The fourth-order valence-electron chi connectivity index (χ4n) is 6.96. The number of rotatable bonds is 7. The lowest BCUT2D eigenvalue weighted by molar-refractivity contribution is -0.146. The molecule has 4 nitrogen and oxygen atoms in total. The van der Waals surface area contributed by atoms with Gasteiger partial charge >= 0.3 is 5.97 Å². The second-order valence-electron chi connectivity index (χ2n) is 11.7. The summed E-state index contributed by atoms with van der Waals surface area (Å²) in [5, 5.41) is 29.6. The van der Waals surface area contributed by atoms with Crippen molar-refractivity contribution < 1.29 is 20.1 Å². The monoisotopic (exact) mass is 444 g/mol. The smallest absolute Gasteiger partial charge is 0.309 e. The van der Waals surface area contributed by atoms with Crippen LogP contribution in [0.3, 0.4) is 0 Å². The number of aliphatic carboxylic acids is 1. The third-order valence-corrected chi connectivity index (χ3v) is 8.80. The lowest BCUT2D eigenvalue weighted by Gasteiger charge is -2.44. The number of carbonyl (C=O) groups is 1. The van der Waals surface area contributed by atoms with E-state index in [2.05, 4.69) is 32.6 Å². The van der Waals surface area contributed by atoms with Crippen molar-refractivity contribution in [3.8, 4) is 0 Å². The van der Waals surface area contributed by atoms with Gasteiger partial charge in [-0.1, -0.05) is 56.6 Å². The first-order valence-electron chi connectivity index (χ1n) is 12.6.